The number of hydrogen-bond donors (Lipinski definition) is 0. The zero-order valence-corrected chi connectivity index (χ0v) is 9.58. The highest BCUT2D eigenvalue weighted by atomic mass is 79.9. The van der Waals surface area contributed by atoms with Crippen molar-refractivity contribution in [3.05, 3.63) is 28.5 Å². The molecule has 0 amide bonds. The summed E-state index contributed by atoms with van der Waals surface area (Å²) in [7, 11) is 0. The van der Waals surface area contributed by atoms with Crippen LogP contribution >= 0.6 is 15.9 Å². The number of esters is 1. The second kappa shape index (κ2) is 5.75. The van der Waals surface area contributed by atoms with Crippen molar-refractivity contribution in [1.82, 2.24) is 4.98 Å². The summed E-state index contributed by atoms with van der Waals surface area (Å²) in [5.41, 5.74) is 0.482. The molecule has 0 unspecified atom stereocenters. The fourth-order valence-electron chi connectivity index (χ4n) is 0.916. The van der Waals surface area contributed by atoms with Gasteiger partial charge in [0.05, 0.1) is 12.2 Å². The van der Waals surface area contributed by atoms with E-state index >= 15 is 0 Å². The molecule has 14 heavy (non-hydrogen) atoms. The minimum Gasteiger partial charge on any atom is -0.462 e. The Morgan fingerprint density at radius 1 is 1.57 bits per heavy atom. The van der Waals surface area contributed by atoms with Gasteiger partial charge in [-0.2, -0.15) is 0 Å². The molecule has 1 aromatic heterocycles. The van der Waals surface area contributed by atoms with Crippen LogP contribution in [0.25, 0.3) is 0 Å². The van der Waals surface area contributed by atoms with Crippen molar-refractivity contribution in [2.45, 2.75) is 19.8 Å². The van der Waals surface area contributed by atoms with Gasteiger partial charge in [-0.15, -0.1) is 0 Å². The fraction of sp³-hybridized carbons (Fsp3) is 0.400. The third-order valence-electron chi connectivity index (χ3n) is 1.67. The van der Waals surface area contributed by atoms with E-state index in [1.165, 1.54) is 6.20 Å². The summed E-state index contributed by atoms with van der Waals surface area (Å²) in [5.74, 6) is -0.313. The van der Waals surface area contributed by atoms with Gasteiger partial charge >= 0.3 is 5.97 Å². The lowest BCUT2D eigenvalue weighted by molar-refractivity contribution is 0.0499. The molecule has 0 aliphatic rings. The maximum absolute atomic E-state index is 11.4. The summed E-state index contributed by atoms with van der Waals surface area (Å²) < 4.78 is 5.80. The minimum atomic E-state index is -0.313. The molecule has 0 aliphatic carbocycles. The van der Waals surface area contributed by atoms with Crippen LogP contribution in [0.3, 0.4) is 0 Å². The van der Waals surface area contributed by atoms with Crippen LogP contribution in [0.1, 0.15) is 30.1 Å². The monoisotopic (exact) mass is 257 g/mol. The van der Waals surface area contributed by atoms with Crippen molar-refractivity contribution in [1.29, 1.82) is 0 Å². The lowest BCUT2D eigenvalue weighted by atomic mass is 10.3. The number of nitrogens with zero attached hydrogens (tertiary/aromatic N) is 1. The maximum atomic E-state index is 11.4. The molecule has 1 heterocycles. The molecule has 0 bridgehead atoms. The van der Waals surface area contributed by atoms with E-state index in [1.54, 1.807) is 12.3 Å². The molecule has 3 nitrogen and oxygen atoms in total. The normalized spacial score (nSPS) is 9.86. The molecule has 0 aliphatic heterocycles. The van der Waals surface area contributed by atoms with Crippen LogP contribution in [0.4, 0.5) is 0 Å². The van der Waals surface area contributed by atoms with Crippen LogP contribution in [0, 0.1) is 0 Å². The van der Waals surface area contributed by atoms with Crippen LogP contribution in [0.2, 0.25) is 0 Å². The highest BCUT2D eigenvalue weighted by molar-refractivity contribution is 9.10. The van der Waals surface area contributed by atoms with Crippen LogP contribution in [0.15, 0.2) is 22.9 Å². The van der Waals surface area contributed by atoms with Gasteiger partial charge in [-0.25, -0.2) is 4.79 Å². The van der Waals surface area contributed by atoms with Gasteiger partial charge in [0.1, 0.15) is 0 Å². The first kappa shape index (κ1) is 11.2. The lowest BCUT2D eigenvalue weighted by Gasteiger charge is -2.03. The van der Waals surface area contributed by atoms with E-state index in [4.69, 9.17) is 4.74 Å². The Kier molecular flexibility index (Phi) is 4.59. The van der Waals surface area contributed by atoms with Gasteiger partial charge < -0.3 is 4.74 Å². The average Bonchev–Trinajstić information content (AvgIpc) is 2.18. The summed E-state index contributed by atoms with van der Waals surface area (Å²) in [6.45, 7) is 2.52. The second-order valence-electron chi connectivity index (χ2n) is 2.88. The van der Waals surface area contributed by atoms with Crippen molar-refractivity contribution >= 4 is 21.9 Å². The topological polar surface area (TPSA) is 39.2 Å². The average molecular weight is 258 g/mol. The predicted molar refractivity (Wildman–Crippen MR) is 57.1 cm³/mol. The number of carbonyl (C=O) groups excluding carboxylic acids is 1. The first-order valence-corrected chi connectivity index (χ1v) is 5.31. The van der Waals surface area contributed by atoms with Crippen LogP contribution in [-0.4, -0.2) is 17.6 Å². The van der Waals surface area contributed by atoms with Crippen molar-refractivity contribution in [2.24, 2.45) is 0 Å². The number of halogens is 1. The first-order chi connectivity index (χ1) is 6.74. The summed E-state index contributed by atoms with van der Waals surface area (Å²) >= 11 is 3.24. The number of unbranched alkanes of at least 4 members (excludes halogenated alkanes) is 1. The maximum Gasteiger partial charge on any atom is 0.339 e. The minimum absolute atomic E-state index is 0.313. The standard InChI is InChI=1S/C10H12BrNO2/c1-2-3-4-14-10(13)8-5-9(11)7-12-6-8/h5-7H,2-4H2,1H3. The van der Waals surface area contributed by atoms with E-state index in [1.807, 2.05) is 0 Å². The van der Waals surface area contributed by atoms with Crippen molar-refractivity contribution in [3.63, 3.8) is 0 Å². The molecular weight excluding hydrogens is 246 g/mol. The molecule has 0 aromatic carbocycles. The summed E-state index contributed by atoms with van der Waals surface area (Å²) in [6, 6.07) is 1.70. The van der Waals surface area contributed by atoms with E-state index in [2.05, 4.69) is 27.8 Å². The van der Waals surface area contributed by atoms with Gasteiger partial charge in [-0.1, -0.05) is 13.3 Å². The van der Waals surface area contributed by atoms with E-state index in [9.17, 15) is 4.79 Å². The fourth-order valence-corrected chi connectivity index (χ4v) is 1.28. The van der Waals surface area contributed by atoms with E-state index in [0.29, 0.717) is 12.2 Å². The van der Waals surface area contributed by atoms with E-state index < -0.39 is 0 Å². The van der Waals surface area contributed by atoms with Crippen LogP contribution in [-0.2, 0) is 4.74 Å². The Hall–Kier alpha value is -0.900. The largest absolute Gasteiger partial charge is 0.462 e. The van der Waals surface area contributed by atoms with Crippen LogP contribution < -0.4 is 0 Å². The molecule has 0 N–H and O–H groups in total. The summed E-state index contributed by atoms with van der Waals surface area (Å²) in [4.78, 5) is 15.3. The SMILES string of the molecule is CCCCOC(=O)c1cncc(Br)c1. The molecule has 4 heteroatoms. The summed E-state index contributed by atoms with van der Waals surface area (Å²) in [6.07, 6.45) is 5.04. The third-order valence-corrected chi connectivity index (χ3v) is 2.11. The Labute approximate surface area is 91.6 Å². The number of ether oxygens (including phenoxy) is 1. The zero-order valence-electron chi connectivity index (χ0n) is 8.00. The van der Waals surface area contributed by atoms with Gasteiger partial charge in [0.15, 0.2) is 0 Å². The number of rotatable bonds is 4. The molecule has 0 saturated carbocycles. The molecule has 0 atom stereocenters. The second-order valence-corrected chi connectivity index (χ2v) is 3.80. The Morgan fingerprint density at radius 3 is 3.00 bits per heavy atom. The lowest BCUT2D eigenvalue weighted by Crippen LogP contribution is -2.06. The highest BCUT2D eigenvalue weighted by Crippen LogP contribution is 2.10. The molecule has 76 valence electrons. The van der Waals surface area contributed by atoms with Crippen molar-refractivity contribution in [3.8, 4) is 0 Å². The Morgan fingerprint density at radius 2 is 2.36 bits per heavy atom. The smallest absolute Gasteiger partial charge is 0.339 e. The van der Waals surface area contributed by atoms with Crippen molar-refractivity contribution < 1.29 is 9.53 Å². The summed E-state index contributed by atoms with van der Waals surface area (Å²) in [5, 5.41) is 0. The highest BCUT2D eigenvalue weighted by Gasteiger charge is 2.06. The molecule has 0 saturated heterocycles. The van der Waals surface area contributed by atoms with Gasteiger partial charge in [-0.3, -0.25) is 4.98 Å². The predicted octanol–water partition coefficient (Wildman–Crippen LogP) is 2.80. The van der Waals surface area contributed by atoms with Gasteiger partial charge in [0.25, 0.3) is 0 Å². The molecule has 0 radical (unpaired) electrons. The zero-order chi connectivity index (χ0) is 10.4. The Balaban J connectivity index is 2.52. The first-order valence-electron chi connectivity index (χ1n) is 4.51. The molecular formula is C10H12BrNO2. The van der Waals surface area contributed by atoms with Gasteiger partial charge in [0, 0.05) is 16.9 Å². The third kappa shape index (κ3) is 3.46. The van der Waals surface area contributed by atoms with E-state index in [-0.39, 0.29) is 5.97 Å². The number of carbonyl (C=O) groups is 1. The van der Waals surface area contributed by atoms with Gasteiger partial charge in [-0.05, 0) is 28.4 Å². The number of aromatic nitrogens is 1. The molecule has 1 rings (SSSR count). The van der Waals surface area contributed by atoms with Crippen molar-refractivity contribution in [2.75, 3.05) is 6.61 Å². The quantitative estimate of drug-likeness (QED) is 0.615. The number of pyridine rings is 1. The van der Waals surface area contributed by atoms with E-state index in [0.717, 1.165) is 17.3 Å². The van der Waals surface area contributed by atoms with Gasteiger partial charge in [0.2, 0.25) is 0 Å². The number of hydrogen-bond acceptors (Lipinski definition) is 3. The Bertz CT molecular complexity index is 315. The molecule has 1 aromatic rings. The molecule has 0 spiro atoms. The molecule has 0 fully saturated rings. The van der Waals surface area contributed by atoms with Crippen LogP contribution in [0.5, 0.6) is 0 Å².